The first kappa shape index (κ1) is 15.0. The Morgan fingerprint density at radius 1 is 1.17 bits per heavy atom. The Balaban J connectivity index is 2.17. The van der Waals surface area contributed by atoms with Gasteiger partial charge in [0.2, 0.25) is 0 Å². The van der Waals surface area contributed by atoms with E-state index in [2.05, 4.69) is 57.9 Å². The number of nitrogens with zero attached hydrogens (tertiary/aromatic N) is 3. The lowest BCUT2D eigenvalue weighted by Crippen LogP contribution is -1.85. The van der Waals surface area contributed by atoms with Gasteiger partial charge in [-0.15, -0.1) is 0 Å². The fourth-order valence-electron chi connectivity index (χ4n) is 2.48. The number of aryl methyl sites for hydroxylation is 1. The van der Waals surface area contributed by atoms with Crippen molar-refractivity contribution < 1.29 is 0 Å². The fraction of sp³-hybridized carbons (Fsp3) is 0.167. The number of hydrogen-bond acceptors (Lipinski definition) is 3. The third-order valence-electron chi connectivity index (χ3n) is 3.43. The molecule has 0 saturated carbocycles. The zero-order valence-electron chi connectivity index (χ0n) is 13.5. The molecule has 0 aliphatic rings. The second kappa shape index (κ2) is 6.04. The summed E-state index contributed by atoms with van der Waals surface area (Å²) in [4.78, 5) is 4.39. The summed E-state index contributed by atoms with van der Waals surface area (Å²) in [6.07, 6.45) is 5.84. The molecule has 116 valence electrons. The van der Waals surface area contributed by atoms with Crippen LogP contribution in [-0.4, -0.2) is 25.4 Å². The molecule has 2 N–H and O–H groups in total. The predicted octanol–water partition coefficient (Wildman–Crippen LogP) is 4.19. The minimum atomic E-state index is 0.688. The number of nitrogens with one attached hydrogen (secondary N) is 2. The van der Waals surface area contributed by atoms with Crippen molar-refractivity contribution in [2.24, 2.45) is 0 Å². The van der Waals surface area contributed by atoms with Crippen LogP contribution in [0.3, 0.4) is 0 Å². The molecule has 5 nitrogen and oxygen atoms in total. The van der Waals surface area contributed by atoms with Gasteiger partial charge >= 0.3 is 0 Å². The average Bonchev–Trinajstić information content (AvgIpc) is 3.12. The van der Waals surface area contributed by atoms with E-state index in [1.807, 2.05) is 25.1 Å². The maximum atomic E-state index is 4.47. The van der Waals surface area contributed by atoms with Crippen LogP contribution in [0.2, 0.25) is 0 Å². The number of hydrogen-bond donors (Lipinski definition) is 2. The van der Waals surface area contributed by atoms with Crippen LogP contribution in [0.1, 0.15) is 25.4 Å². The van der Waals surface area contributed by atoms with Crippen molar-refractivity contribution in [3.63, 3.8) is 0 Å². The first-order chi connectivity index (χ1) is 11.1. The van der Waals surface area contributed by atoms with Gasteiger partial charge in [0.1, 0.15) is 5.82 Å². The van der Waals surface area contributed by atoms with E-state index in [4.69, 9.17) is 0 Å². The van der Waals surface area contributed by atoms with Crippen LogP contribution in [-0.2, 0) is 0 Å². The standard InChI is InChI=1S/C18H19N5/c1-5-6-13(9-11(2)3)17-15-10-14(7-8-16(15)21-22-17)18-19-12(4)20-23-18/h5-10H,1H2,2-4H3,(H,21,22)(H,19,20,23)/b13-6+. The molecule has 23 heavy (non-hydrogen) atoms. The maximum absolute atomic E-state index is 4.47. The molecule has 0 spiro atoms. The Hall–Kier alpha value is -2.95. The van der Waals surface area contributed by atoms with Crippen molar-refractivity contribution in [1.29, 1.82) is 0 Å². The van der Waals surface area contributed by atoms with Crippen molar-refractivity contribution in [2.75, 3.05) is 0 Å². The maximum Gasteiger partial charge on any atom is 0.181 e. The molecular formula is C18H19N5. The van der Waals surface area contributed by atoms with E-state index in [0.29, 0.717) is 5.82 Å². The summed E-state index contributed by atoms with van der Waals surface area (Å²) in [6, 6.07) is 6.05. The summed E-state index contributed by atoms with van der Waals surface area (Å²) >= 11 is 0. The number of benzene rings is 1. The highest BCUT2D eigenvalue weighted by Crippen LogP contribution is 2.28. The van der Waals surface area contributed by atoms with E-state index in [1.54, 1.807) is 6.08 Å². The summed E-state index contributed by atoms with van der Waals surface area (Å²) in [5, 5.41) is 15.7. The lowest BCUT2D eigenvalue weighted by Gasteiger charge is -2.01. The second-order valence-electron chi connectivity index (χ2n) is 5.66. The van der Waals surface area contributed by atoms with Crippen LogP contribution in [0, 0.1) is 6.92 Å². The van der Waals surface area contributed by atoms with Crippen LogP contribution in [0.25, 0.3) is 27.9 Å². The van der Waals surface area contributed by atoms with Crippen molar-refractivity contribution in [2.45, 2.75) is 20.8 Å². The molecule has 0 bridgehead atoms. The van der Waals surface area contributed by atoms with Crippen molar-refractivity contribution >= 4 is 16.5 Å². The number of allylic oxidation sites excluding steroid dienone is 5. The second-order valence-corrected chi connectivity index (χ2v) is 5.66. The van der Waals surface area contributed by atoms with Gasteiger partial charge in [-0.1, -0.05) is 30.4 Å². The van der Waals surface area contributed by atoms with Gasteiger partial charge in [0.05, 0.1) is 11.2 Å². The normalized spacial score (nSPS) is 11.7. The largest absolute Gasteiger partial charge is 0.277 e. The van der Waals surface area contributed by atoms with E-state index in [1.165, 1.54) is 5.57 Å². The quantitative estimate of drug-likeness (QED) is 0.710. The van der Waals surface area contributed by atoms with Gasteiger partial charge in [0, 0.05) is 16.5 Å². The van der Waals surface area contributed by atoms with E-state index < -0.39 is 0 Å². The van der Waals surface area contributed by atoms with Crippen molar-refractivity contribution in [3.05, 3.63) is 60.1 Å². The highest BCUT2D eigenvalue weighted by molar-refractivity contribution is 5.95. The Kier molecular flexibility index (Phi) is 3.93. The number of aromatic nitrogens is 5. The van der Waals surface area contributed by atoms with E-state index in [0.717, 1.165) is 33.6 Å². The monoisotopic (exact) mass is 305 g/mol. The summed E-state index contributed by atoms with van der Waals surface area (Å²) in [5.74, 6) is 1.48. The number of fused-ring (bicyclic) bond motifs is 1. The third kappa shape index (κ3) is 2.99. The molecule has 0 atom stereocenters. The van der Waals surface area contributed by atoms with Gasteiger partial charge in [-0.3, -0.25) is 10.2 Å². The van der Waals surface area contributed by atoms with Crippen molar-refractivity contribution in [3.8, 4) is 11.4 Å². The molecule has 0 unspecified atom stereocenters. The lowest BCUT2D eigenvalue weighted by atomic mass is 10.0. The summed E-state index contributed by atoms with van der Waals surface area (Å²) in [7, 11) is 0. The minimum Gasteiger partial charge on any atom is -0.277 e. The third-order valence-corrected chi connectivity index (χ3v) is 3.43. The molecule has 0 radical (unpaired) electrons. The van der Waals surface area contributed by atoms with Crippen LogP contribution in [0.4, 0.5) is 0 Å². The zero-order valence-corrected chi connectivity index (χ0v) is 13.5. The molecule has 1 aromatic carbocycles. The molecule has 2 aromatic heterocycles. The van der Waals surface area contributed by atoms with Crippen LogP contribution < -0.4 is 0 Å². The summed E-state index contributed by atoms with van der Waals surface area (Å²) < 4.78 is 0. The Morgan fingerprint density at radius 2 is 2.00 bits per heavy atom. The highest BCUT2D eigenvalue weighted by Gasteiger charge is 2.12. The Labute approximate surface area is 134 Å². The highest BCUT2D eigenvalue weighted by atomic mass is 15.2. The minimum absolute atomic E-state index is 0.688. The first-order valence-electron chi connectivity index (χ1n) is 7.44. The molecular weight excluding hydrogens is 286 g/mol. The Morgan fingerprint density at radius 3 is 2.65 bits per heavy atom. The fourth-order valence-corrected chi connectivity index (χ4v) is 2.48. The van der Waals surface area contributed by atoms with Crippen molar-refractivity contribution in [1.82, 2.24) is 25.4 Å². The van der Waals surface area contributed by atoms with E-state index in [9.17, 15) is 0 Å². The van der Waals surface area contributed by atoms with Gasteiger partial charge in [0.15, 0.2) is 5.82 Å². The van der Waals surface area contributed by atoms with Crippen LogP contribution in [0.5, 0.6) is 0 Å². The van der Waals surface area contributed by atoms with E-state index >= 15 is 0 Å². The van der Waals surface area contributed by atoms with Gasteiger partial charge in [-0.05, 0) is 39.0 Å². The molecule has 0 amide bonds. The molecule has 3 aromatic rings. The predicted molar refractivity (Wildman–Crippen MR) is 93.8 cm³/mol. The topological polar surface area (TPSA) is 70.2 Å². The van der Waals surface area contributed by atoms with Gasteiger partial charge in [0.25, 0.3) is 0 Å². The van der Waals surface area contributed by atoms with Crippen LogP contribution in [0.15, 0.2) is 48.6 Å². The molecule has 0 aliphatic carbocycles. The number of rotatable bonds is 4. The summed E-state index contributed by atoms with van der Waals surface area (Å²) in [6.45, 7) is 9.81. The molecule has 0 fully saturated rings. The SMILES string of the molecule is C=C/C=C(\C=C(C)C)c1n[nH]c2ccc(-c3n[nH]c(C)n3)cc12. The first-order valence-corrected chi connectivity index (χ1v) is 7.44. The number of aromatic amines is 2. The number of H-pyrrole nitrogens is 2. The zero-order chi connectivity index (χ0) is 16.4. The van der Waals surface area contributed by atoms with Crippen LogP contribution >= 0.6 is 0 Å². The lowest BCUT2D eigenvalue weighted by molar-refractivity contribution is 1.04. The molecule has 2 heterocycles. The summed E-state index contributed by atoms with van der Waals surface area (Å²) in [5.41, 5.74) is 5.06. The molecule has 5 heteroatoms. The molecule has 3 rings (SSSR count). The van der Waals surface area contributed by atoms with Gasteiger partial charge in [-0.25, -0.2) is 4.98 Å². The van der Waals surface area contributed by atoms with Gasteiger partial charge in [-0.2, -0.15) is 10.2 Å². The van der Waals surface area contributed by atoms with Gasteiger partial charge < -0.3 is 0 Å². The average molecular weight is 305 g/mol. The Bertz CT molecular complexity index is 920. The molecule has 0 aliphatic heterocycles. The smallest absolute Gasteiger partial charge is 0.181 e. The van der Waals surface area contributed by atoms with E-state index in [-0.39, 0.29) is 0 Å². The molecule has 0 saturated heterocycles.